The van der Waals surface area contributed by atoms with E-state index in [9.17, 15) is 13.2 Å². The highest BCUT2D eigenvalue weighted by atomic mass is 35.5. The molecule has 0 bridgehead atoms. The summed E-state index contributed by atoms with van der Waals surface area (Å²) in [6, 6.07) is 14.4. The molecule has 9 heteroatoms. The maximum Gasteiger partial charge on any atom is 0.265 e. The van der Waals surface area contributed by atoms with E-state index >= 15 is 0 Å². The molecule has 0 saturated heterocycles. The Morgan fingerprint density at radius 3 is 2.12 bits per heavy atom. The summed E-state index contributed by atoms with van der Waals surface area (Å²) in [6.07, 6.45) is -0.777. The number of sulfonamides is 1. The van der Waals surface area contributed by atoms with Crippen molar-refractivity contribution in [3.63, 3.8) is 0 Å². The van der Waals surface area contributed by atoms with Crippen LogP contribution in [0.3, 0.4) is 0 Å². The highest BCUT2D eigenvalue weighted by molar-refractivity contribution is 7.92. The summed E-state index contributed by atoms with van der Waals surface area (Å²) in [4.78, 5) is 12.6. The summed E-state index contributed by atoms with van der Waals surface area (Å²) in [5, 5.41) is 3.81. The topological polar surface area (TPSA) is 84.5 Å². The third-order valence-electron chi connectivity index (χ3n) is 4.97. The molecular formula is C24H24Cl2N2O4S. The SMILES string of the molecule is Cc1ccc(Cl)cc1NS(=O)(=O)c1ccc(NC(=O)[C@@H](C)Oc2cc(C)c(Cl)c(C)c2)cc1. The monoisotopic (exact) mass is 506 g/mol. The lowest BCUT2D eigenvalue weighted by atomic mass is 10.1. The molecule has 0 heterocycles. The molecule has 0 saturated carbocycles. The molecule has 0 aliphatic heterocycles. The first-order valence-electron chi connectivity index (χ1n) is 10.1. The summed E-state index contributed by atoms with van der Waals surface area (Å²) in [5.41, 5.74) is 3.30. The van der Waals surface area contributed by atoms with Crippen LogP contribution in [0.25, 0.3) is 0 Å². The minimum atomic E-state index is -3.82. The van der Waals surface area contributed by atoms with Crippen LogP contribution >= 0.6 is 23.2 Å². The Bertz CT molecular complexity index is 1270. The van der Waals surface area contributed by atoms with Gasteiger partial charge < -0.3 is 10.1 Å². The van der Waals surface area contributed by atoms with Gasteiger partial charge in [0.25, 0.3) is 15.9 Å². The smallest absolute Gasteiger partial charge is 0.265 e. The van der Waals surface area contributed by atoms with Crippen molar-refractivity contribution in [2.45, 2.75) is 38.7 Å². The van der Waals surface area contributed by atoms with Crippen molar-refractivity contribution in [1.29, 1.82) is 0 Å². The predicted octanol–water partition coefficient (Wildman–Crippen LogP) is 6.13. The largest absolute Gasteiger partial charge is 0.481 e. The molecule has 0 unspecified atom stereocenters. The van der Waals surface area contributed by atoms with Crippen molar-refractivity contribution in [3.8, 4) is 5.75 Å². The molecule has 3 aromatic rings. The molecule has 1 amide bonds. The van der Waals surface area contributed by atoms with Crippen LogP contribution in [0, 0.1) is 20.8 Å². The zero-order chi connectivity index (χ0) is 24.3. The van der Waals surface area contributed by atoms with Crippen molar-refractivity contribution in [1.82, 2.24) is 0 Å². The molecule has 2 N–H and O–H groups in total. The van der Waals surface area contributed by atoms with E-state index in [0.717, 1.165) is 16.7 Å². The first kappa shape index (κ1) is 24.9. The average Bonchev–Trinajstić information content (AvgIpc) is 2.74. The molecule has 0 fully saturated rings. The van der Waals surface area contributed by atoms with Crippen molar-refractivity contribution in [3.05, 3.63) is 81.3 Å². The summed E-state index contributed by atoms with van der Waals surface area (Å²) in [7, 11) is -3.82. The molecule has 0 radical (unpaired) electrons. The number of aryl methyl sites for hydroxylation is 3. The molecule has 174 valence electrons. The zero-order valence-electron chi connectivity index (χ0n) is 18.6. The molecule has 6 nitrogen and oxygen atoms in total. The van der Waals surface area contributed by atoms with Gasteiger partial charge in [0.2, 0.25) is 0 Å². The van der Waals surface area contributed by atoms with Crippen LogP contribution in [0.15, 0.2) is 59.5 Å². The van der Waals surface area contributed by atoms with Crippen LogP contribution in [-0.2, 0) is 14.8 Å². The lowest BCUT2D eigenvalue weighted by molar-refractivity contribution is -0.122. The van der Waals surface area contributed by atoms with Gasteiger partial charge in [0.15, 0.2) is 6.10 Å². The fourth-order valence-electron chi connectivity index (χ4n) is 3.10. The standard InChI is InChI=1S/C24H24Cl2N2O4S/c1-14-5-6-18(25)13-22(14)28-33(30,31)21-9-7-19(8-10-21)27-24(29)17(4)32-20-11-15(2)23(26)16(3)12-20/h5-13,17,28H,1-4H3,(H,27,29)/t17-/m1/s1. The van der Waals surface area contributed by atoms with E-state index in [1.54, 1.807) is 44.2 Å². The fourth-order valence-corrected chi connectivity index (χ4v) is 4.50. The van der Waals surface area contributed by atoms with Gasteiger partial charge in [-0.05, 0) is 92.9 Å². The van der Waals surface area contributed by atoms with Crippen LogP contribution in [0.2, 0.25) is 10.0 Å². The number of hydrogen-bond acceptors (Lipinski definition) is 4. The lowest BCUT2D eigenvalue weighted by Gasteiger charge is -2.16. The summed E-state index contributed by atoms with van der Waals surface area (Å²) < 4.78 is 33.7. The molecule has 0 aliphatic carbocycles. The number of ether oxygens (including phenoxy) is 1. The number of amides is 1. The van der Waals surface area contributed by atoms with Gasteiger partial charge in [-0.15, -0.1) is 0 Å². The van der Waals surface area contributed by atoms with Crippen LogP contribution in [0.4, 0.5) is 11.4 Å². The summed E-state index contributed by atoms with van der Waals surface area (Å²) >= 11 is 12.1. The van der Waals surface area contributed by atoms with Crippen molar-refractivity contribution in [2.75, 3.05) is 10.0 Å². The number of benzene rings is 3. The number of halogens is 2. The Morgan fingerprint density at radius 2 is 1.52 bits per heavy atom. The van der Waals surface area contributed by atoms with Gasteiger partial charge in [-0.2, -0.15) is 0 Å². The highest BCUT2D eigenvalue weighted by Crippen LogP contribution is 2.27. The highest BCUT2D eigenvalue weighted by Gasteiger charge is 2.18. The maximum absolute atomic E-state index is 12.7. The van der Waals surface area contributed by atoms with E-state index < -0.39 is 16.1 Å². The van der Waals surface area contributed by atoms with E-state index in [2.05, 4.69) is 10.0 Å². The van der Waals surface area contributed by atoms with Crippen LogP contribution in [0.5, 0.6) is 5.75 Å². The number of nitrogens with one attached hydrogen (secondary N) is 2. The molecule has 0 spiro atoms. The first-order valence-corrected chi connectivity index (χ1v) is 12.3. The number of carbonyl (C=O) groups is 1. The second-order valence-corrected chi connectivity index (χ2v) is 10.2. The van der Waals surface area contributed by atoms with Gasteiger partial charge in [-0.1, -0.05) is 29.3 Å². The number of carbonyl (C=O) groups excluding carboxylic acids is 1. The maximum atomic E-state index is 12.7. The molecule has 3 aromatic carbocycles. The minimum absolute atomic E-state index is 0.0521. The van der Waals surface area contributed by atoms with E-state index in [1.807, 2.05) is 13.8 Å². The molecular weight excluding hydrogens is 483 g/mol. The number of rotatable bonds is 7. The van der Waals surface area contributed by atoms with E-state index in [1.165, 1.54) is 24.3 Å². The molecule has 33 heavy (non-hydrogen) atoms. The van der Waals surface area contributed by atoms with E-state index in [4.69, 9.17) is 27.9 Å². The molecule has 3 rings (SSSR count). The second-order valence-electron chi connectivity index (χ2n) is 7.71. The second kappa shape index (κ2) is 10.0. The van der Waals surface area contributed by atoms with Crippen molar-refractivity contribution < 1.29 is 17.9 Å². The Morgan fingerprint density at radius 1 is 0.909 bits per heavy atom. The first-order chi connectivity index (χ1) is 15.5. The Kier molecular flexibility index (Phi) is 7.57. The normalized spacial score (nSPS) is 12.2. The quantitative estimate of drug-likeness (QED) is 0.403. The van der Waals surface area contributed by atoms with Crippen molar-refractivity contribution in [2.24, 2.45) is 0 Å². The zero-order valence-corrected chi connectivity index (χ0v) is 20.9. The average molecular weight is 507 g/mol. The van der Waals surface area contributed by atoms with Gasteiger partial charge in [-0.3, -0.25) is 9.52 Å². The van der Waals surface area contributed by atoms with E-state index in [0.29, 0.717) is 27.2 Å². The van der Waals surface area contributed by atoms with Gasteiger partial charge in [-0.25, -0.2) is 8.42 Å². The van der Waals surface area contributed by atoms with Crippen LogP contribution in [0.1, 0.15) is 23.6 Å². The number of anilines is 2. The summed E-state index contributed by atoms with van der Waals surface area (Å²) in [5.74, 6) is 0.171. The molecule has 0 aromatic heterocycles. The van der Waals surface area contributed by atoms with Crippen molar-refractivity contribution >= 4 is 50.5 Å². The Balaban J connectivity index is 1.67. The Hall–Kier alpha value is -2.74. The third kappa shape index (κ3) is 6.19. The van der Waals surface area contributed by atoms with Gasteiger partial charge >= 0.3 is 0 Å². The van der Waals surface area contributed by atoms with Gasteiger partial charge in [0.1, 0.15) is 5.75 Å². The third-order valence-corrected chi connectivity index (χ3v) is 7.18. The van der Waals surface area contributed by atoms with Gasteiger partial charge in [0.05, 0.1) is 10.6 Å². The Labute approximate surface area is 203 Å². The number of hydrogen-bond donors (Lipinski definition) is 2. The fraction of sp³-hybridized carbons (Fsp3) is 0.208. The predicted molar refractivity (Wildman–Crippen MR) is 133 cm³/mol. The molecule has 1 atom stereocenters. The molecule has 0 aliphatic rings. The minimum Gasteiger partial charge on any atom is -0.481 e. The van der Waals surface area contributed by atoms with Crippen LogP contribution < -0.4 is 14.8 Å². The lowest BCUT2D eigenvalue weighted by Crippen LogP contribution is -2.30. The van der Waals surface area contributed by atoms with Gasteiger partial charge in [0, 0.05) is 15.7 Å². The van der Waals surface area contributed by atoms with Crippen LogP contribution in [-0.4, -0.2) is 20.4 Å². The van der Waals surface area contributed by atoms with E-state index in [-0.39, 0.29) is 10.8 Å². The summed E-state index contributed by atoms with van der Waals surface area (Å²) in [6.45, 7) is 7.14.